The van der Waals surface area contributed by atoms with Gasteiger partial charge in [-0.2, -0.15) is 0 Å². The number of rotatable bonds is 16. The fourth-order valence-corrected chi connectivity index (χ4v) is 2.75. The van der Waals surface area contributed by atoms with Crippen LogP contribution in [0.2, 0.25) is 0 Å². The molecule has 0 amide bonds. The minimum absolute atomic E-state index is 0.372. The van der Waals surface area contributed by atoms with Crippen molar-refractivity contribution in [1.82, 2.24) is 0 Å². The van der Waals surface area contributed by atoms with Crippen molar-refractivity contribution >= 4 is 0 Å². The van der Waals surface area contributed by atoms with Gasteiger partial charge >= 0.3 is 0 Å². The van der Waals surface area contributed by atoms with Crippen molar-refractivity contribution in [2.45, 2.75) is 110 Å². The van der Waals surface area contributed by atoms with E-state index in [1.807, 2.05) is 0 Å². The molecule has 1 N–H and O–H groups in total. The van der Waals surface area contributed by atoms with E-state index in [9.17, 15) is 0 Å². The number of unbranched alkanes of at least 4 members (excludes halogenated alkanes) is 12. The van der Waals surface area contributed by atoms with Gasteiger partial charge in [0.1, 0.15) is 0 Å². The Balaban J connectivity index is 2.96. The molecule has 0 fully saturated rings. The highest BCUT2D eigenvalue weighted by molar-refractivity contribution is 4.52. The van der Waals surface area contributed by atoms with E-state index in [2.05, 4.69) is 13.8 Å². The van der Waals surface area contributed by atoms with Crippen LogP contribution in [0.3, 0.4) is 0 Å². The van der Waals surface area contributed by atoms with Crippen molar-refractivity contribution in [2.75, 3.05) is 6.61 Å². The van der Waals surface area contributed by atoms with Crippen molar-refractivity contribution in [3.63, 3.8) is 0 Å². The van der Waals surface area contributed by atoms with Gasteiger partial charge in [-0.15, -0.1) is 0 Å². The topological polar surface area (TPSA) is 20.2 Å². The van der Waals surface area contributed by atoms with Gasteiger partial charge in [0, 0.05) is 6.61 Å². The molecular weight excluding hydrogens is 244 g/mol. The predicted molar refractivity (Wildman–Crippen MR) is 91.2 cm³/mol. The quantitative estimate of drug-likeness (QED) is 0.321. The highest BCUT2D eigenvalue weighted by atomic mass is 16.2. The molecule has 1 nitrogen and oxygen atoms in total. The first-order valence-electron chi connectivity index (χ1n) is 9.42. The molecule has 1 heteroatoms. The zero-order valence-electron chi connectivity index (χ0n) is 14.3. The van der Waals surface area contributed by atoms with Crippen LogP contribution < -0.4 is 0 Å². The Bertz CT molecular complexity index is 167. The molecular formula is C19H40O. The molecule has 0 heterocycles. The molecule has 0 aliphatic carbocycles. The van der Waals surface area contributed by atoms with Crippen molar-refractivity contribution in [3.05, 3.63) is 0 Å². The molecule has 0 aliphatic rings. The van der Waals surface area contributed by atoms with Crippen molar-refractivity contribution < 1.29 is 5.11 Å². The van der Waals surface area contributed by atoms with Crippen LogP contribution in [0.1, 0.15) is 110 Å². The van der Waals surface area contributed by atoms with E-state index in [0.29, 0.717) is 6.61 Å². The maximum Gasteiger partial charge on any atom is 0.0431 e. The summed E-state index contributed by atoms with van der Waals surface area (Å²) in [6.45, 7) is 5.05. The maximum atomic E-state index is 8.68. The Morgan fingerprint density at radius 2 is 0.950 bits per heavy atom. The molecule has 0 saturated carbocycles. The Morgan fingerprint density at radius 1 is 0.600 bits per heavy atom. The van der Waals surface area contributed by atoms with Gasteiger partial charge < -0.3 is 5.11 Å². The minimum atomic E-state index is 0.372. The Kier molecular flexibility index (Phi) is 17.0. The molecule has 0 aliphatic heterocycles. The summed E-state index contributed by atoms with van der Waals surface area (Å²) >= 11 is 0. The maximum absolute atomic E-state index is 8.68. The van der Waals surface area contributed by atoms with Crippen LogP contribution in [0.4, 0.5) is 0 Å². The van der Waals surface area contributed by atoms with Crippen LogP contribution >= 0.6 is 0 Å². The monoisotopic (exact) mass is 284 g/mol. The molecule has 0 saturated heterocycles. The minimum Gasteiger partial charge on any atom is -0.396 e. The summed E-state index contributed by atoms with van der Waals surface area (Å²) < 4.78 is 0. The van der Waals surface area contributed by atoms with Crippen LogP contribution in [0.15, 0.2) is 0 Å². The molecule has 0 rings (SSSR count). The molecule has 0 aromatic rings. The highest BCUT2D eigenvalue weighted by Gasteiger charge is 1.98. The zero-order valence-corrected chi connectivity index (χ0v) is 14.3. The van der Waals surface area contributed by atoms with Crippen molar-refractivity contribution in [2.24, 2.45) is 5.92 Å². The molecule has 0 unspecified atom stereocenters. The van der Waals surface area contributed by atoms with Gasteiger partial charge in [0.05, 0.1) is 0 Å². The summed E-state index contributed by atoms with van der Waals surface area (Å²) in [6.07, 6.45) is 20.7. The van der Waals surface area contributed by atoms with Crippen LogP contribution in [-0.2, 0) is 0 Å². The second-order valence-corrected chi connectivity index (χ2v) is 6.62. The lowest BCUT2D eigenvalue weighted by Gasteiger charge is -2.07. The van der Waals surface area contributed by atoms with Crippen molar-refractivity contribution in [1.29, 1.82) is 0 Å². The van der Waals surface area contributed by atoms with Gasteiger partial charge in [-0.25, -0.2) is 0 Å². The Hall–Kier alpha value is -0.0400. The van der Waals surface area contributed by atoms with E-state index in [1.54, 1.807) is 0 Å². The lowest BCUT2D eigenvalue weighted by atomic mass is 9.99. The summed E-state index contributed by atoms with van der Waals surface area (Å²) in [5, 5.41) is 8.68. The normalized spacial score (nSPS) is 12.8. The van der Waals surface area contributed by atoms with Crippen molar-refractivity contribution in [3.8, 4) is 0 Å². The molecule has 0 aromatic carbocycles. The molecule has 122 valence electrons. The third kappa shape index (κ3) is 16.0. The van der Waals surface area contributed by atoms with E-state index in [1.165, 1.54) is 89.9 Å². The van der Waals surface area contributed by atoms with Gasteiger partial charge in [0.15, 0.2) is 0 Å². The average Bonchev–Trinajstić information content (AvgIpc) is 2.47. The van der Waals surface area contributed by atoms with Crippen LogP contribution in [0, 0.1) is 5.92 Å². The highest BCUT2D eigenvalue weighted by Crippen LogP contribution is 2.15. The number of aliphatic hydroxyl groups is 1. The fraction of sp³-hybridized carbons (Fsp3) is 1.00. The molecule has 0 aromatic heterocycles. The Morgan fingerprint density at radius 3 is 1.30 bits per heavy atom. The lowest BCUT2D eigenvalue weighted by Crippen LogP contribution is -1.91. The van der Waals surface area contributed by atoms with E-state index in [4.69, 9.17) is 5.11 Å². The molecule has 20 heavy (non-hydrogen) atoms. The molecule has 0 spiro atoms. The first-order valence-corrected chi connectivity index (χ1v) is 9.42. The molecule has 1 atom stereocenters. The summed E-state index contributed by atoms with van der Waals surface area (Å²) in [4.78, 5) is 0. The van der Waals surface area contributed by atoms with E-state index in [-0.39, 0.29) is 0 Å². The smallest absolute Gasteiger partial charge is 0.0431 e. The molecule has 0 bridgehead atoms. The van der Waals surface area contributed by atoms with Gasteiger partial charge in [-0.1, -0.05) is 104 Å². The average molecular weight is 285 g/mol. The SMILES string of the molecule is CC[C@H](C)CCCCCCCCCCCCCCCO. The molecule has 0 radical (unpaired) electrons. The second kappa shape index (κ2) is 17.0. The van der Waals surface area contributed by atoms with E-state index < -0.39 is 0 Å². The standard InChI is InChI=1S/C19H40O/c1-3-19(2)17-15-13-11-9-7-5-4-6-8-10-12-14-16-18-20/h19-20H,3-18H2,1-2H3/t19-/m0/s1. The van der Waals surface area contributed by atoms with Gasteiger partial charge in [0.2, 0.25) is 0 Å². The van der Waals surface area contributed by atoms with E-state index >= 15 is 0 Å². The third-order valence-corrected chi connectivity index (χ3v) is 4.55. The third-order valence-electron chi connectivity index (χ3n) is 4.55. The first kappa shape index (κ1) is 20.0. The summed E-state index contributed by atoms with van der Waals surface area (Å²) in [7, 11) is 0. The lowest BCUT2D eigenvalue weighted by molar-refractivity contribution is 0.282. The van der Waals surface area contributed by atoms with Crippen LogP contribution in [0.25, 0.3) is 0 Å². The second-order valence-electron chi connectivity index (χ2n) is 6.62. The summed E-state index contributed by atoms with van der Waals surface area (Å²) in [5.74, 6) is 0.937. The number of hydrogen-bond acceptors (Lipinski definition) is 1. The zero-order chi connectivity index (χ0) is 14.9. The van der Waals surface area contributed by atoms with Gasteiger partial charge in [-0.3, -0.25) is 0 Å². The number of hydrogen-bond donors (Lipinski definition) is 1. The van der Waals surface area contributed by atoms with E-state index in [0.717, 1.165) is 12.3 Å². The summed E-state index contributed by atoms with van der Waals surface area (Å²) in [5.41, 5.74) is 0. The fourth-order valence-electron chi connectivity index (χ4n) is 2.75. The largest absolute Gasteiger partial charge is 0.396 e. The predicted octanol–water partition coefficient (Wildman–Crippen LogP) is 6.49. The van der Waals surface area contributed by atoms with Crippen LogP contribution in [0.5, 0.6) is 0 Å². The summed E-state index contributed by atoms with van der Waals surface area (Å²) in [6, 6.07) is 0. The van der Waals surface area contributed by atoms with Gasteiger partial charge in [0.25, 0.3) is 0 Å². The Labute approximate surface area is 128 Å². The first-order chi connectivity index (χ1) is 9.81. The van der Waals surface area contributed by atoms with Crippen LogP contribution in [-0.4, -0.2) is 11.7 Å². The van der Waals surface area contributed by atoms with Gasteiger partial charge in [-0.05, 0) is 12.3 Å². The number of aliphatic hydroxyl groups excluding tert-OH is 1.